The van der Waals surface area contributed by atoms with Gasteiger partial charge in [0.05, 0.1) is 19.3 Å². The molecule has 1 aromatic rings. The Labute approximate surface area is 177 Å². The number of allylic oxidation sites excluding steroid dienone is 3. The number of nitrogens with one attached hydrogen (secondary N) is 1. The maximum absolute atomic E-state index is 12.9. The van der Waals surface area contributed by atoms with Crippen LogP contribution in [0.15, 0.2) is 53.4 Å². The number of methoxy groups -OCH3 is 1. The van der Waals surface area contributed by atoms with E-state index in [1.807, 2.05) is 32.0 Å². The number of carbonyl (C=O) groups is 2. The van der Waals surface area contributed by atoms with Crippen molar-refractivity contribution in [2.75, 3.05) is 20.3 Å². The lowest BCUT2D eigenvalue weighted by molar-refractivity contribution is -0.138. The van der Waals surface area contributed by atoms with E-state index in [-0.39, 0.29) is 12.4 Å². The second-order valence-electron chi connectivity index (χ2n) is 7.41. The number of ether oxygens (including phenoxy) is 3. The van der Waals surface area contributed by atoms with Crippen LogP contribution in [0.3, 0.4) is 0 Å². The normalized spacial score (nSPS) is 18.5. The quantitative estimate of drug-likeness (QED) is 0.511. The summed E-state index contributed by atoms with van der Waals surface area (Å²) in [6.07, 6.45) is 4.45. The number of benzene rings is 1. The second kappa shape index (κ2) is 9.65. The topological polar surface area (TPSA) is 73.9 Å². The molecular formula is C24H29NO5. The standard InChI is InChI=1S/C24H29NO5/c1-5-12-29-19-11-10-16(14-20(19)28-4)22-21(24(27)30-13-6-2)15(3)25-17-8-7-9-18(26)23(17)22/h6,10-11,14,22,25H,2,5,7-9,12-13H2,1,3-4H3/t22-/m0/s1. The molecule has 30 heavy (non-hydrogen) atoms. The van der Waals surface area contributed by atoms with Crippen molar-refractivity contribution in [1.82, 2.24) is 5.32 Å². The van der Waals surface area contributed by atoms with E-state index in [4.69, 9.17) is 14.2 Å². The van der Waals surface area contributed by atoms with Gasteiger partial charge in [0.25, 0.3) is 0 Å². The van der Waals surface area contributed by atoms with Gasteiger partial charge in [0.1, 0.15) is 6.61 Å². The van der Waals surface area contributed by atoms with Crippen LogP contribution in [-0.4, -0.2) is 32.1 Å². The van der Waals surface area contributed by atoms with Gasteiger partial charge in [0.2, 0.25) is 0 Å². The molecule has 3 rings (SSSR count). The Hall–Kier alpha value is -3.02. The van der Waals surface area contributed by atoms with Crippen LogP contribution in [0.2, 0.25) is 0 Å². The molecule has 0 amide bonds. The molecule has 0 aromatic heterocycles. The Kier molecular flexibility index (Phi) is 6.98. The van der Waals surface area contributed by atoms with Gasteiger partial charge in [-0.25, -0.2) is 4.79 Å². The van der Waals surface area contributed by atoms with Crippen molar-refractivity contribution in [3.63, 3.8) is 0 Å². The number of Topliss-reactive ketones (excluding diaryl/α,β-unsaturated/α-hetero) is 1. The molecule has 0 saturated carbocycles. The predicted molar refractivity (Wildman–Crippen MR) is 114 cm³/mol. The summed E-state index contributed by atoms with van der Waals surface area (Å²) in [6, 6.07) is 5.58. The van der Waals surface area contributed by atoms with E-state index in [2.05, 4.69) is 11.9 Å². The van der Waals surface area contributed by atoms with E-state index in [0.29, 0.717) is 41.4 Å². The minimum Gasteiger partial charge on any atom is -0.493 e. The molecule has 0 bridgehead atoms. The largest absolute Gasteiger partial charge is 0.493 e. The van der Waals surface area contributed by atoms with Crippen LogP contribution < -0.4 is 14.8 Å². The first-order valence-corrected chi connectivity index (χ1v) is 10.3. The number of hydrogen-bond donors (Lipinski definition) is 1. The zero-order chi connectivity index (χ0) is 21.7. The molecule has 0 saturated heterocycles. The molecule has 160 valence electrons. The predicted octanol–water partition coefficient (Wildman–Crippen LogP) is 4.18. The smallest absolute Gasteiger partial charge is 0.337 e. The molecule has 0 fully saturated rings. The lowest BCUT2D eigenvalue weighted by Crippen LogP contribution is -2.34. The Morgan fingerprint density at radius 2 is 2.10 bits per heavy atom. The zero-order valence-corrected chi connectivity index (χ0v) is 17.9. The zero-order valence-electron chi connectivity index (χ0n) is 17.9. The molecule has 1 aliphatic carbocycles. The van der Waals surface area contributed by atoms with E-state index in [1.54, 1.807) is 7.11 Å². The average Bonchev–Trinajstić information content (AvgIpc) is 2.75. The molecule has 1 aromatic carbocycles. The fourth-order valence-electron chi connectivity index (χ4n) is 3.99. The fraction of sp³-hybridized carbons (Fsp3) is 0.417. The van der Waals surface area contributed by atoms with Gasteiger partial charge in [-0.3, -0.25) is 4.79 Å². The first-order valence-electron chi connectivity index (χ1n) is 10.3. The molecule has 6 heteroatoms. The van der Waals surface area contributed by atoms with E-state index < -0.39 is 11.9 Å². The summed E-state index contributed by atoms with van der Waals surface area (Å²) in [7, 11) is 1.58. The summed E-state index contributed by atoms with van der Waals surface area (Å²) in [5.74, 6) is 0.292. The van der Waals surface area contributed by atoms with Crippen molar-refractivity contribution in [2.45, 2.75) is 45.4 Å². The van der Waals surface area contributed by atoms with Crippen molar-refractivity contribution in [3.05, 3.63) is 59.0 Å². The summed E-state index contributed by atoms with van der Waals surface area (Å²) in [4.78, 5) is 25.9. The molecule has 1 atom stereocenters. The molecule has 6 nitrogen and oxygen atoms in total. The number of ketones is 1. The van der Waals surface area contributed by atoms with Gasteiger partial charge in [-0.05, 0) is 43.9 Å². The number of esters is 1. The molecule has 1 heterocycles. The molecule has 0 unspecified atom stereocenters. The summed E-state index contributed by atoms with van der Waals surface area (Å²) in [6.45, 7) is 8.17. The van der Waals surface area contributed by atoms with Crippen LogP contribution >= 0.6 is 0 Å². The summed E-state index contributed by atoms with van der Waals surface area (Å²) < 4.78 is 16.7. The van der Waals surface area contributed by atoms with Gasteiger partial charge in [0.15, 0.2) is 17.3 Å². The molecule has 2 aliphatic rings. The van der Waals surface area contributed by atoms with Crippen LogP contribution in [0.1, 0.15) is 51.0 Å². The molecular weight excluding hydrogens is 382 g/mol. The first-order chi connectivity index (χ1) is 14.5. The monoisotopic (exact) mass is 411 g/mol. The lowest BCUT2D eigenvalue weighted by atomic mass is 9.75. The van der Waals surface area contributed by atoms with E-state index in [1.165, 1.54) is 6.08 Å². The first kappa shape index (κ1) is 21.7. The molecule has 0 radical (unpaired) electrons. The maximum Gasteiger partial charge on any atom is 0.337 e. The van der Waals surface area contributed by atoms with Gasteiger partial charge in [0, 0.05) is 29.3 Å². The van der Waals surface area contributed by atoms with Gasteiger partial charge in [-0.15, -0.1) is 0 Å². The van der Waals surface area contributed by atoms with Gasteiger partial charge in [-0.2, -0.15) is 0 Å². The third-order valence-corrected chi connectivity index (χ3v) is 5.31. The van der Waals surface area contributed by atoms with Crippen molar-refractivity contribution in [1.29, 1.82) is 0 Å². The Balaban J connectivity index is 2.10. The van der Waals surface area contributed by atoms with Crippen LogP contribution in [-0.2, 0) is 14.3 Å². The Morgan fingerprint density at radius 1 is 1.30 bits per heavy atom. The minimum absolute atomic E-state index is 0.0561. The van der Waals surface area contributed by atoms with Crippen LogP contribution in [0, 0.1) is 0 Å². The van der Waals surface area contributed by atoms with Gasteiger partial charge in [-0.1, -0.05) is 25.6 Å². The van der Waals surface area contributed by atoms with Crippen LogP contribution in [0.5, 0.6) is 11.5 Å². The van der Waals surface area contributed by atoms with E-state index >= 15 is 0 Å². The highest BCUT2D eigenvalue weighted by atomic mass is 16.5. The Bertz CT molecular complexity index is 912. The number of hydrogen-bond acceptors (Lipinski definition) is 6. The van der Waals surface area contributed by atoms with E-state index in [0.717, 1.165) is 30.5 Å². The van der Waals surface area contributed by atoms with Crippen molar-refractivity contribution >= 4 is 11.8 Å². The third-order valence-electron chi connectivity index (χ3n) is 5.31. The SMILES string of the molecule is C=CCOC(=O)C1=C(C)NC2=C(C(=O)CCC2)[C@H]1c1ccc(OCCC)c(OC)c1. The minimum atomic E-state index is -0.513. The van der Waals surface area contributed by atoms with Crippen molar-refractivity contribution in [3.8, 4) is 11.5 Å². The Morgan fingerprint density at radius 3 is 2.80 bits per heavy atom. The summed E-state index contributed by atoms with van der Waals surface area (Å²) in [5.41, 5.74) is 3.47. The molecule has 1 N–H and O–H groups in total. The second-order valence-corrected chi connectivity index (χ2v) is 7.41. The van der Waals surface area contributed by atoms with Gasteiger partial charge >= 0.3 is 5.97 Å². The number of dihydropyridines is 1. The van der Waals surface area contributed by atoms with Crippen LogP contribution in [0.4, 0.5) is 0 Å². The van der Waals surface area contributed by atoms with E-state index in [9.17, 15) is 9.59 Å². The van der Waals surface area contributed by atoms with Crippen molar-refractivity contribution in [2.24, 2.45) is 0 Å². The van der Waals surface area contributed by atoms with Crippen LogP contribution in [0.25, 0.3) is 0 Å². The summed E-state index contributed by atoms with van der Waals surface area (Å²) >= 11 is 0. The lowest BCUT2D eigenvalue weighted by Gasteiger charge is -2.34. The maximum atomic E-state index is 12.9. The highest BCUT2D eigenvalue weighted by molar-refractivity contribution is 6.03. The average molecular weight is 411 g/mol. The highest BCUT2D eigenvalue weighted by Gasteiger charge is 2.39. The van der Waals surface area contributed by atoms with Crippen molar-refractivity contribution < 1.29 is 23.8 Å². The number of carbonyl (C=O) groups excluding carboxylic acids is 2. The highest BCUT2D eigenvalue weighted by Crippen LogP contribution is 2.44. The molecule has 0 spiro atoms. The fourth-order valence-corrected chi connectivity index (χ4v) is 3.99. The third kappa shape index (κ3) is 4.27. The summed E-state index contributed by atoms with van der Waals surface area (Å²) in [5, 5.41) is 3.28. The number of rotatable bonds is 8. The van der Waals surface area contributed by atoms with Gasteiger partial charge < -0.3 is 19.5 Å². The molecule has 1 aliphatic heterocycles.